The van der Waals surface area contributed by atoms with Gasteiger partial charge in [-0.3, -0.25) is 0 Å². The van der Waals surface area contributed by atoms with Gasteiger partial charge in [0, 0.05) is 12.5 Å². The Labute approximate surface area is 70.7 Å². The first-order valence-corrected chi connectivity index (χ1v) is 3.43. The van der Waals surface area contributed by atoms with Crippen molar-refractivity contribution < 1.29 is 8.78 Å². The highest BCUT2D eigenvalue weighted by atomic mass is 35.5. The Morgan fingerprint density at radius 3 is 2.18 bits per heavy atom. The molecule has 2 atom stereocenters. The Morgan fingerprint density at radius 2 is 1.82 bits per heavy atom. The Balaban J connectivity index is 0.000001000. The monoisotopic (exact) mass is 186 g/mol. The number of hydrogen-bond donors (Lipinski definition) is 2. The summed E-state index contributed by atoms with van der Waals surface area (Å²) in [5.74, 6) is -2.74. The maximum atomic E-state index is 12.6. The van der Waals surface area contributed by atoms with E-state index in [4.69, 9.17) is 11.5 Å². The van der Waals surface area contributed by atoms with E-state index in [1.807, 2.05) is 0 Å². The normalized spacial score (nSPS) is 36.0. The van der Waals surface area contributed by atoms with Gasteiger partial charge >= 0.3 is 0 Å². The third kappa shape index (κ3) is 2.25. The highest BCUT2D eigenvalue weighted by Gasteiger charge is 2.43. The van der Waals surface area contributed by atoms with Gasteiger partial charge in [-0.1, -0.05) is 0 Å². The Kier molecular flexibility index (Phi) is 3.67. The van der Waals surface area contributed by atoms with Crippen LogP contribution in [-0.4, -0.2) is 18.0 Å². The molecular formula is C6H13ClF2N2. The van der Waals surface area contributed by atoms with E-state index >= 15 is 0 Å². The van der Waals surface area contributed by atoms with E-state index in [1.165, 1.54) is 0 Å². The molecule has 0 aromatic carbocycles. The maximum Gasteiger partial charge on any atom is 0.264 e. The number of rotatable bonds is 0. The molecule has 5 heteroatoms. The standard InChI is InChI=1S/C6H12F2N2.ClH/c7-6(8)3-1-2-4(9)5(6)10;/h4-5H,1-3,9-10H2;1H. The minimum atomic E-state index is -2.74. The summed E-state index contributed by atoms with van der Waals surface area (Å²) in [6, 6.07) is -1.66. The van der Waals surface area contributed by atoms with Gasteiger partial charge in [-0.15, -0.1) is 12.4 Å². The quantitative estimate of drug-likeness (QED) is 0.590. The summed E-state index contributed by atoms with van der Waals surface area (Å²) in [6.07, 6.45) is 1.00. The first-order valence-electron chi connectivity index (χ1n) is 3.43. The van der Waals surface area contributed by atoms with E-state index < -0.39 is 18.0 Å². The summed E-state index contributed by atoms with van der Waals surface area (Å²) in [7, 11) is 0. The molecule has 0 bridgehead atoms. The van der Waals surface area contributed by atoms with E-state index in [-0.39, 0.29) is 18.8 Å². The highest BCUT2D eigenvalue weighted by molar-refractivity contribution is 5.85. The molecule has 1 saturated carbocycles. The minimum Gasteiger partial charge on any atom is -0.326 e. The molecule has 0 amide bonds. The Hall–Kier alpha value is 0.0700. The maximum absolute atomic E-state index is 12.6. The van der Waals surface area contributed by atoms with Crippen LogP contribution in [0.15, 0.2) is 0 Å². The Bertz CT molecular complexity index is 132. The van der Waals surface area contributed by atoms with Crippen LogP contribution in [0.25, 0.3) is 0 Å². The molecule has 0 aromatic heterocycles. The zero-order chi connectivity index (χ0) is 7.78. The van der Waals surface area contributed by atoms with E-state index in [9.17, 15) is 8.78 Å². The van der Waals surface area contributed by atoms with Crippen LogP contribution in [0.4, 0.5) is 8.78 Å². The lowest BCUT2D eigenvalue weighted by atomic mass is 9.88. The van der Waals surface area contributed by atoms with Crippen LogP contribution >= 0.6 is 12.4 Å². The van der Waals surface area contributed by atoms with Crippen LogP contribution in [0.5, 0.6) is 0 Å². The molecule has 2 nitrogen and oxygen atoms in total. The summed E-state index contributed by atoms with van der Waals surface area (Å²) in [5, 5.41) is 0. The predicted octanol–water partition coefficient (Wildman–Crippen LogP) is 0.882. The zero-order valence-electron chi connectivity index (χ0n) is 6.09. The summed E-state index contributed by atoms with van der Waals surface area (Å²) >= 11 is 0. The van der Waals surface area contributed by atoms with Gasteiger partial charge in [-0.2, -0.15) is 0 Å². The molecule has 4 N–H and O–H groups in total. The SMILES string of the molecule is Cl.NC1CCCC(F)(F)C1N. The van der Waals surface area contributed by atoms with Crippen molar-refractivity contribution in [3.8, 4) is 0 Å². The van der Waals surface area contributed by atoms with Gasteiger partial charge in [-0.25, -0.2) is 8.78 Å². The van der Waals surface area contributed by atoms with Gasteiger partial charge in [0.2, 0.25) is 0 Å². The van der Waals surface area contributed by atoms with Crippen LogP contribution in [0.1, 0.15) is 19.3 Å². The molecule has 0 radical (unpaired) electrons. The molecule has 68 valence electrons. The van der Waals surface area contributed by atoms with Crippen LogP contribution in [0, 0.1) is 0 Å². The van der Waals surface area contributed by atoms with Gasteiger partial charge in [0.15, 0.2) is 0 Å². The van der Waals surface area contributed by atoms with Gasteiger partial charge in [0.25, 0.3) is 5.92 Å². The Morgan fingerprint density at radius 1 is 1.27 bits per heavy atom. The average Bonchev–Trinajstić information content (AvgIpc) is 1.83. The van der Waals surface area contributed by atoms with Crippen molar-refractivity contribution in [1.82, 2.24) is 0 Å². The number of alkyl halides is 2. The van der Waals surface area contributed by atoms with Crippen LogP contribution in [0.2, 0.25) is 0 Å². The topological polar surface area (TPSA) is 52.0 Å². The molecule has 0 spiro atoms. The summed E-state index contributed by atoms with van der Waals surface area (Å²) in [5.41, 5.74) is 10.5. The third-order valence-electron chi connectivity index (χ3n) is 2.00. The molecule has 2 unspecified atom stereocenters. The van der Waals surface area contributed by atoms with E-state index in [2.05, 4.69) is 0 Å². The van der Waals surface area contributed by atoms with E-state index in [1.54, 1.807) is 0 Å². The summed E-state index contributed by atoms with van der Waals surface area (Å²) in [6.45, 7) is 0. The van der Waals surface area contributed by atoms with Gasteiger partial charge in [-0.05, 0) is 12.8 Å². The zero-order valence-corrected chi connectivity index (χ0v) is 6.91. The highest BCUT2D eigenvalue weighted by Crippen LogP contribution is 2.31. The van der Waals surface area contributed by atoms with E-state index in [0.717, 1.165) is 0 Å². The van der Waals surface area contributed by atoms with Crippen molar-refractivity contribution in [2.24, 2.45) is 11.5 Å². The van der Waals surface area contributed by atoms with Crippen molar-refractivity contribution in [2.75, 3.05) is 0 Å². The lowest BCUT2D eigenvalue weighted by Gasteiger charge is -2.32. The minimum absolute atomic E-state index is 0. The second-order valence-electron chi connectivity index (χ2n) is 2.84. The molecule has 0 aromatic rings. The molecule has 0 saturated heterocycles. The smallest absolute Gasteiger partial charge is 0.264 e. The first kappa shape index (κ1) is 11.1. The lowest BCUT2D eigenvalue weighted by Crippen LogP contribution is -2.55. The van der Waals surface area contributed by atoms with Gasteiger partial charge in [0.1, 0.15) is 0 Å². The second kappa shape index (κ2) is 3.65. The van der Waals surface area contributed by atoms with Crippen molar-refractivity contribution >= 4 is 12.4 Å². The molecule has 11 heavy (non-hydrogen) atoms. The fourth-order valence-corrected chi connectivity index (χ4v) is 1.23. The predicted molar refractivity (Wildman–Crippen MR) is 42.0 cm³/mol. The van der Waals surface area contributed by atoms with E-state index in [0.29, 0.717) is 12.8 Å². The molecule has 1 aliphatic carbocycles. The molecule has 0 heterocycles. The van der Waals surface area contributed by atoms with Crippen molar-refractivity contribution in [3.05, 3.63) is 0 Å². The second-order valence-corrected chi connectivity index (χ2v) is 2.84. The van der Waals surface area contributed by atoms with Crippen LogP contribution in [0.3, 0.4) is 0 Å². The first-order chi connectivity index (χ1) is 4.54. The van der Waals surface area contributed by atoms with Crippen molar-refractivity contribution in [2.45, 2.75) is 37.3 Å². The molecule has 1 rings (SSSR count). The molecular weight excluding hydrogens is 174 g/mol. The largest absolute Gasteiger partial charge is 0.326 e. The van der Waals surface area contributed by atoms with Crippen molar-refractivity contribution in [1.29, 1.82) is 0 Å². The fraction of sp³-hybridized carbons (Fsp3) is 1.00. The summed E-state index contributed by atoms with van der Waals surface area (Å²) < 4.78 is 25.3. The third-order valence-corrected chi connectivity index (χ3v) is 2.00. The molecule has 0 aliphatic heterocycles. The number of nitrogens with two attached hydrogens (primary N) is 2. The average molecular weight is 187 g/mol. The van der Waals surface area contributed by atoms with Gasteiger partial charge in [0.05, 0.1) is 6.04 Å². The van der Waals surface area contributed by atoms with Gasteiger partial charge < -0.3 is 11.5 Å². The molecule has 1 aliphatic rings. The number of halogens is 3. The fourth-order valence-electron chi connectivity index (χ4n) is 1.23. The molecule has 1 fully saturated rings. The summed E-state index contributed by atoms with van der Waals surface area (Å²) in [4.78, 5) is 0. The lowest BCUT2D eigenvalue weighted by molar-refractivity contribution is -0.0578. The van der Waals surface area contributed by atoms with Crippen LogP contribution in [-0.2, 0) is 0 Å². The van der Waals surface area contributed by atoms with Crippen LogP contribution < -0.4 is 11.5 Å². The number of hydrogen-bond acceptors (Lipinski definition) is 2. The van der Waals surface area contributed by atoms with Crippen molar-refractivity contribution in [3.63, 3.8) is 0 Å².